The van der Waals surface area contributed by atoms with Gasteiger partial charge in [0.2, 0.25) is 11.8 Å². The van der Waals surface area contributed by atoms with Gasteiger partial charge < -0.3 is 15.6 Å². The molecule has 1 fully saturated rings. The van der Waals surface area contributed by atoms with Crippen LogP contribution in [0.15, 0.2) is 42.6 Å². The number of aromatic amines is 1. The molecule has 0 saturated carbocycles. The monoisotopic (exact) mass is 348 g/mol. The van der Waals surface area contributed by atoms with Gasteiger partial charge in [-0.2, -0.15) is 0 Å². The van der Waals surface area contributed by atoms with E-state index in [0.717, 1.165) is 27.5 Å². The van der Waals surface area contributed by atoms with E-state index < -0.39 is 0 Å². The number of aromatic nitrogens is 2. The summed E-state index contributed by atoms with van der Waals surface area (Å²) in [5.74, 6) is -0.452. The zero-order chi connectivity index (χ0) is 18.1. The van der Waals surface area contributed by atoms with E-state index in [9.17, 15) is 9.59 Å². The molecule has 0 radical (unpaired) electrons. The fourth-order valence-corrected chi connectivity index (χ4v) is 3.50. The molecule has 0 unspecified atom stereocenters. The smallest absolute Gasteiger partial charge is 0.246 e. The lowest BCUT2D eigenvalue weighted by Crippen LogP contribution is -2.41. The molecule has 0 atom stereocenters. The minimum Gasteiger partial charge on any atom is -0.369 e. The summed E-state index contributed by atoms with van der Waals surface area (Å²) in [6.45, 7) is 1.12. The first-order valence-corrected chi connectivity index (χ1v) is 8.74. The molecule has 1 aromatic carbocycles. The molecule has 0 bridgehead atoms. The SMILES string of the molecule is NC(=O)C1CCN(C(=O)/C=C/c2cc3c(cn2)[nH]c2ccccc23)CC1. The number of primary amides is 1. The van der Waals surface area contributed by atoms with Crippen LogP contribution < -0.4 is 5.73 Å². The third-order valence-corrected chi connectivity index (χ3v) is 5.02. The Balaban J connectivity index is 1.50. The Labute approximate surface area is 150 Å². The Morgan fingerprint density at radius 2 is 1.92 bits per heavy atom. The second-order valence-corrected chi connectivity index (χ2v) is 6.66. The number of nitrogens with one attached hydrogen (secondary N) is 1. The molecule has 3 N–H and O–H groups in total. The summed E-state index contributed by atoms with van der Waals surface area (Å²) in [5, 5.41) is 2.23. The van der Waals surface area contributed by atoms with E-state index in [1.54, 1.807) is 23.2 Å². The van der Waals surface area contributed by atoms with Gasteiger partial charge in [0.15, 0.2) is 0 Å². The number of H-pyrrole nitrogens is 1. The number of nitrogens with two attached hydrogens (primary N) is 1. The van der Waals surface area contributed by atoms with Crippen LogP contribution in [0, 0.1) is 5.92 Å². The molecule has 0 aliphatic carbocycles. The average molecular weight is 348 g/mol. The maximum absolute atomic E-state index is 12.4. The highest BCUT2D eigenvalue weighted by atomic mass is 16.2. The molecular formula is C20H20N4O2. The highest BCUT2D eigenvalue weighted by Crippen LogP contribution is 2.25. The van der Waals surface area contributed by atoms with Gasteiger partial charge in [-0.25, -0.2) is 0 Å². The first-order chi connectivity index (χ1) is 12.6. The van der Waals surface area contributed by atoms with Crippen molar-refractivity contribution in [2.45, 2.75) is 12.8 Å². The van der Waals surface area contributed by atoms with E-state index in [2.05, 4.69) is 16.0 Å². The standard InChI is InChI=1S/C20H20N4O2/c21-20(26)13-7-9-24(10-8-13)19(25)6-5-14-11-16-15-3-1-2-4-17(15)23-18(16)12-22-14/h1-6,11-13,23H,7-10H2,(H2,21,26)/b6-5+. The number of pyridine rings is 1. The molecule has 132 valence electrons. The van der Waals surface area contributed by atoms with Crippen molar-refractivity contribution in [3.63, 3.8) is 0 Å². The number of rotatable bonds is 3. The average Bonchev–Trinajstić information content (AvgIpc) is 3.04. The molecule has 6 nitrogen and oxygen atoms in total. The van der Waals surface area contributed by atoms with Crippen molar-refractivity contribution >= 4 is 39.7 Å². The molecule has 2 amide bonds. The number of hydrogen-bond acceptors (Lipinski definition) is 3. The van der Waals surface area contributed by atoms with Gasteiger partial charge in [-0.05, 0) is 31.1 Å². The maximum Gasteiger partial charge on any atom is 0.246 e. The first kappa shape index (κ1) is 16.3. The summed E-state index contributed by atoms with van der Waals surface area (Å²) < 4.78 is 0. The van der Waals surface area contributed by atoms with Gasteiger partial charge in [-0.15, -0.1) is 0 Å². The summed E-state index contributed by atoms with van der Waals surface area (Å²) in [6.07, 6.45) is 6.35. The second-order valence-electron chi connectivity index (χ2n) is 6.66. The molecule has 4 rings (SSSR count). The Kier molecular flexibility index (Phi) is 4.16. The quantitative estimate of drug-likeness (QED) is 0.712. The minimum absolute atomic E-state index is 0.0613. The lowest BCUT2D eigenvalue weighted by atomic mass is 9.96. The number of carbonyl (C=O) groups excluding carboxylic acids is 2. The van der Waals surface area contributed by atoms with E-state index in [-0.39, 0.29) is 17.7 Å². The fourth-order valence-electron chi connectivity index (χ4n) is 3.50. The van der Waals surface area contributed by atoms with Gasteiger partial charge in [-0.3, -0.25) is 14.6 Å². The van der Waals surface area contributed by atoms with E-state index >= 15 is 0 Å². The first-order valence-electron chi connectivity index (χ1n) is 8.74. The largest absolute Gasteiger partial charge is 0.369 e. The van der Waals surface area contributed by atoms with Crippen LogP contribution in [0.25, 0.3) is 27.9 Å². The molecule has 26 heavy (non-hydrogen) atoms. The van der Waals surface area contributed by atoms with Crippen LogP contribution in [-0.4, -0.2) is 39.8 Å². The predicted molar refractivity (Wildman–Crippen MR) is 101 cm³/mol. The van der Waals surface area contributed by atoms with Crippen LogP contribution in [0.3, 0.4) is 0 Å². The predicted octanol–water partition coefficient (Wildman–Crippen LogP) is 2.45. The van der Waals surface area contributed by atoms with Crippen LogP contribution in [0.1, 0.15) is 18.5 Å². The van der Waals surface area contributed by atoms with E-state index in [4.69, 9.17) is 5.73 Å². The Morgan fingerprint density at radius 1 is 1.15 bits per heavy atom. The van der Waals surface area contributed by atoms with Crippen LogP contribution in [0.2, 0.25) is 0 Å². The molecule has 1 saturated heterocycles. The molecular weight excluding hydrogens is 328 g/mol. The molecule has 3 aromatic rings. The number of carbonyl (C=O) groups is 2. The third-order valence-electron chi connectivity index (χ3n) is 5.02. The molecule has 0 spiro atoms. The van der Waals surface area contributed by atoms with Crippen molar-refractivity contribution in [3.05, 3.63) is 48.3 Å². The zero-order valence-electron chi connectivity index (χ0n) is 14.3. The lowest BCUT2D eigenvalue weighted by molar-refractivity contribution is -0.130. The number of amides is 2. The van der Waals surface area contributed by atoms with Crippen LogP contribution in [0.5, 0.6) is 0 Å². The fraction of sp³-hybridized carbons (Fsp3) is 0.250. The van der Waals surface area contributed by atoms with E-state index in [1.165, 1.54) is 0 Å². The summed E-state index contributed by atoms with van der Waals surface area (Å²) >= 11 is 0. The van der Waals surface area contributed by atoms with Crippen LogP contribution in [0.4, 0.5) is 0 Å². The number of para-hydroxylation sites is 1. The third kappa shape index (κ3) is 3.06. The second kappa shape index (κ2) is 6.63. The number of fused-ring (bicyclic) bond motifs is 3. The Morgan fingerprint density at radius 3 is 2.69 bits per heavy atom. The summed E-state index contributed by atoms with van der Waals surface area (Å²) in [5.41, 5.74) is 8.11. The number of nitrogens with zero attached hydrogens (tertiary/aromatic N) is 2. The van der Waals surface area contributed by atoms with Crippen molar-refractivity contribution in [2.24, 2.45) is 11.7 Å². The van der Waals surface area contributed by atoms with E-state index in [1.807, 2.05) is 24.3 Å². The summed E-state index contributed by atoms with van der Waals surface area (Å²) in [7, 11) is 0. The van der Waals surface area contributed by atoms with Crippen molar-refractivity contribution in [1.82, 2.24) is 14.9 Å². The Bertz CT molecular complexity index is 1010. The number of hydrogen-bond donors (Lipinski definition) is 2. The topological polar surface area (TPSA) is 92.1 Å². The van der Waals surface area contributed by atoms with Gasteiger partial charge in [-0.1, -0.05) is 18.2 Å². The maximum atomic E-state index is 12.4. The lowest BCUT2D eigenvalue weighted by Gasteiger charge is -2.29. The molecule has 2 aromatic heterocycles. The normalized spacial score (nSPS) is 15.9. The van der Waals surface area contributed by atoms with Crippen molar-refractivity contribution < 1.29 is 9.59 Å². The summed E-state index contributed by atoms with van der Waals surface area (Å²) in [4.78, 5) is 33.1. The van der Waals surface area contributed by atoms with Crippen molar-refractivity contribution in [3.8, 4) is 0 Å². The van der Waals surface area contributed by atoms with E-state index in [0.29, 0.717) is 25.9 Å². The highest BCUT2D eigenvalue weighted by Gasteiger charge is 2.24. The number of likely N-dealkylation sites (tertiary alicyclic amines) is 1. The molecule has 3 heterocycles. The van der Waals surface area contributed by atoms with Crippen molar-refractivity contribution in [1.29, 1.82) is 0 Å². The van der Waals surface area contributed by atoms with Gasteiger partial charge in [0.25, 0.3) is 0 Å². The molecule has 1 aliphatic rings. The molecule has 6 heteroatoms. The number of benzene rings is 1. The van der Waals surface area contributed by atoms with Crippen LogP contribution in [-0.2, 0) is 9.59 Å². The highest BCUT2D eigenvalue weighted by molar-refractivity contribution is 6.07. The van der Waals surface area contributed by atoms with Gasteiger partial charge in [0.05, 0.1) is 17.4 Å². The van der Waals surface area contributed by atoms with Crippen molar-refractivity contribution in [2.75, 3.05) is 13.1 Å². The van der Waals surface area contributed by atoms with Crippen LogP contribution >= 0.6 is 0 Å². The number of piperidine rings is 1. The van der Waals surface area contributed by atoms with Gasteiger partial charge in [0, 0.05) is 41.4 Å². The molecule has 1 aliphatic heterocycles. The Hall–Kier alpha value is -3.15. The minimum atomic E-state index is -0.274. The summed E-state index contributed by atoms with van der Waals surface area (Å²) in [6, 6.07) is 10.1. The zero-order valence-corrected chi connectivity index (χ0v) is 14.3. The van der Waals surface area contributed by atoms with Gasteiger partial charge in [0.1, 0.15) is 0 Å². The van der Waals surface area contributed by atoms with Gasteiger partial charge >= 0.3 is 0 Å².